The van der Waals surface area contributed by atoms with Crippen LogP contribution in [0.1, 0.15) is 19.6 Å². The number of furan rings is 1. The van der Waals surface area contributed by atoms with Gasteiger partial charge in [0.1, 0.15) is 23.2 Å². The number of nitriles is 1. The molecule has 0 fully saturated rings. The van der Waals surface area contributed by atoms with Gasteiger partial charge in [-0.3, -0.25) is 4.79 Å². The SMILES string of the molecule is CCN(CC)c1ccc(C=C(C#N)C(=O)Nc2ccc(F)cc2)o1. The average molecular weight is 327 g/mol. The maximum absolute atomic E-state index is 12.9. The number of carbonyl (C=O) groups excluding carboxylic acids is 1. The fourth-order valence-corrected chi connectivity index (χ4v) is 2.15. The van der Waals surface area contributed by atoms with Crippen LogP contribution in [0.2, 0.25) is 0 Å². The minimum atomic E-state index is -0.579. The highest BCUT2D eigenvalue weighted by molar-refractivity contribution is 6.09. The van der Waals surface area contributed by atoms with E-state index in [9.17, 15) is 14.4 Å². The summed E-state index contributed by atoms with van der Waals surface area (Å²) in [5, 5.41) is 11.7. The molecule has 1 amide bonds. The maximum Gasteiger partial charge on any atom is 0.266 e. The lowest BCUT2D eigenvalue weighted by atomic mass is 10.2. The van der Waals surface area contributed by atoms with Gasteiger partial charge < -0.3 is 14.6 Å². The number of hydrogen-bond donors (Lipinski definition) is 1. The van der Waals surface area contributed by atoms with Crippen molar-refractivity contribution in [3.05, 3.63) is 53.5 Å². The van der Waals surface area contributed by atoms with Gasteiger partial charge in [0.15, 0.2) is 5.88 Å². The largest absolute Gasteiger partial charge is 0.441 e. The van der Waals surface area contributed by atoms with Crippen molar-refractivity contribution in [3.8, 4) is 6.07 Å². The van der Waals surface area contributed by atoms with E-state index in [0.717, 1.165) is 13.1 Å². The van der Waals surface area contributed by atoms with Gasteiger partial charge in [-0.1, -0.05) is 0 Å². The first-order valence-corrected chi connectivity index (χ1v) is 7.60. The highest BCUT2D eigenvalue weighted by Gasteiger charge is 2.12. The average Bonchev–Trinajstić information content (AvgIpc) is 3.04. The normalized spacial score (nSPS) is 11.0. The molecule has 0 unspecified atom stereocenters. The second kappa shape index (κ2) is 7.97. The summed E-state index contributed by atoms with van der Waals surface area (Å²) in [5.74, 6) is 0.124. The molecule has 2 aromatic rings. The first kappa shape index (κ1) is 17.3. The lowest BCUT2D eigenvalue weighted by molar-refractivity contribution is -0.112. The predicted molar refractivity (Wildman–Crippen MR) is 90.9 cm³/mol. The Bertz CT molecular complexity index is 768. The number of amides is 1. The molecule has 0 atom stereocenters. The van der Waals surface area contributed by atoms with E-state index in [1.165, 1.54) is 30.3 Å². The number of rotatable bonds is 6. The van der Waals surface area contributed by atoms with Crippen LogP contribution >= 0.6 is 0 Å². The van der Waals surface area contributed by atoms with Gasteiger partial charge in [0.2, 0.25) is 0 Å². The number of anilines is 2. The Morgan fingerprint density at radius 1 is 1.25 bits per heavy atom. The summed E-state index contributed by atoms with van der Waals surface area (Å²) in [7, 11) is 0. The molecule has 1 aromatic heterocycles. The Hall–Kier alpha value is -3.07. The first-order valence-electron chi connectivity index (χ1n) is 7.60. The van der Waals surface area contributed by atoms with Crippen LogP contribution in [-0.2, 0) is 4.79 Å². The second-order valence-electron chi connectivity index (χ2n) is 4.98. The van der Waals surface area contributed by atoms with Crippen molar-refractivity contribution in [3.63, 3.8) is 0 Å². The summed E-state index contributed by atoms with van der Waals surface area (Å²) >= 11 is 0. The number of benzene rings is 1. The van der Waals surface area contributed by atoms with Gasteiger partial charge in [-0.15, -0.1) is 0 Å². The minimum absolute atomic E-state index is 0.0974. The van der Waals surface area contributed by atoms with E-state index in [4.69, 9.17) is 4.42 Å². The summed E-state index contributed by atoms with van der Waals surface area (Å²) in [6.07, 6.45) is 1.38. The zero-order valence-corrected chi connectivity index (χ0v) is 13.5. The summed E-state index contributed by atoms with van der Waals surface area (Å²) in [4.78, 5) is 14.2. The molecule has 0 bridgehead atoms. The van der Waals surface area contributed by atoms with E-state index in [0.29, 0.717) is 17.3 Å². The van der Waals surface area contributed by atoms with Crippen molar-refractivity contribution in [1.82, 2.24) is 0 Å². The highest BCUT2D eigenvalue weighted by Crippen LogP contribution is 2.20. The third kappa shape index (κ3) is 4.23. The van der Waals surface area contributed by atoms with Gasteiger partial charge in [-0.05, 0) is 44.2 Å². The van der Waals surface area contributed by atoms with Crippen LogP contribution in [0, 0.1) is 17.1 Å². The van der Waals surface area contributed by atoms with Crippen LogP contribution in [0.15, 0.2) is 46.4 Å². The molecule has 0 aliphatic heterocycles. The summed E-state index contributed by atoms with van der Waals surface area (Å²) in [6.45, 7) is 5.61. The lowest BCUT2D eigenvalue weighted by Crippen LogP contribution is -2.20. The monoisotopic (exact) mass is 327 g/mol. The molecule has 5 nitrogen and oxygen atoms in total. The van der Waals surface area contributed by atoms with Crippen molar-refractivity contribution in [2.75, 3.05) is 23.3 Å². The standard InChI is InChI=1S/C18H18FN3O2/c1-3-22(4-2)17-10-9-16(24-17)11-13(12-20)18(23)21-15-7-5-14(19)6-8-15/h5-11H,3-4H2,1-2H3,(H,21,23). The molecular formula is C18H18FN3O2. The number of carbonyl (C=O) groups is 1. The van der Waals surface area contributed by atoms with Crippen LogP contribution in [0.3, 0.4) is 0 Å². The Morgan fingerprint density at radius 2 is 1.92 bits per heavy atom. The van der Waals surface area contributed by atoms with E-state index in [-0.39, 0.29) is 5.57 Å². The van der Waals surface area contributed by atoms with Crippen molar-refractivity contribution in [2.45, 2.75) is 13.8 Å². The molecule has 24 heavy (non-hydrogen) atoms. The van der Waals surface area contributed by atoms with E-state index >= 15 is 0 Å². The van der Waals surface area contributed by atoms with Crippen molar-refractivity contribution in [2.24, 2.45) is 0 Å². The van der Waals surface area contributed by atoms with E-state index in [2.05, 4.69) is 5.32 Å². The van der Waals surface area contributed by atoms with Crippen molar-refractivity contribution < 1.29 is 13.6 Å². The molecular weight excluding hydrogens is 309 g/mol. The maximum atomic E-state index is 12.9. The molecule has 1 heterocycles. The summed E-state index contributed by atoms with van der Waals surface area (Å²) < 4.78 is 18.5. The van der Waals surface area contributed by atoms with E-state index in [1.54, 1.807) is 12.1 Å². The van der Waals surface area contributed by atoms with Gasteiger partial charge in [-0.2, -0.15) is 5.26 Å². The molecule has 0 spiro atoms. The highest BCUT2D eigenvalue weighted by atomic mass is 19.1. The molecule has 0 saturated heterocycles. The zero-order valence-electron chi connectivity index (χ0n) is 13.5. The van der Waals surface area contributed by atoms with E-state index in [1.807, 2.05) is 24.8 Å². The quantitative estimate of drug-likeness (QED) is 0.647. The fourth-order valence-electron chi connectivity index (χ4n) is 2.15. The smallest absolute Gasteiger partial charge is 0.266 e. The molecule has 0 aliphatic carbocycles. The van der Waals surface area contributed by atoms with Crippen molar-refractivity contribution >= 4 is 23.6 Å². The number of nitrogens with zero attached hydrogens (tertiary/aromatic N) is 2. The van der Waals surface area contributed by atoms with Crippen LogP contribution in [0.5, 0.6) is 0 Å². The van der Waals surface area contributed by atoms with Gasteiger partial charge in [-0.25, -0.2) is 4.39 Å². The van der Waals surface area contributed by atoms with E-state index < -0.39 is 11.7 Å². The Morgan fingerprint density at radius 3 is 2.50 bits per heavy atom. The third-order valence-electron chi connectivity index (χ3n) is 3.44. The Kier molecular flexibility index (Phi) is 5.74. The van der Waals surface area contributed by atoms with Crippen LogP contribution in [-0.4, -0.2) is 19.0 Å². The van der Waals surface area contributed by atoms with Crippen molar-refractivity contribution in [1.29, 1.82) is 5.26 Å². The summed E-state index contributed by atoms with van der Waals surface area (Å²) in [5.41, 5.74) is 0.311. The zero-order chi connectivity index (χ0) is 17.5. The molecule has 0 aliphatic rings. The lowest BCUT2D eigenvalue weighted by Gasteiger charge is -2.16. The fraction of sp³-hybridized carbons (Fsp3) is 0.222. The number of nitrogens with one attached hydrogen (secondary N) is 1. The molecule has 6 heteroatoms. The molecule has 0 radical (unpaired) electrons. The van der Waals surface area contributed by atoms with Crippen LogP contribution in [0.4, 0.5) is 16.0 Å². The Balaban J connectivity index is 2.15. The minimum Gasteiger partial charge on any atom is -0.441 e. The molecule has 0 saturated carbocycles. The third-order valence-corrected chi connectivity index (χ3v) is 3.44. The van der Waals surface area contributed by atoms with Crippen LogP contribution < -0.4 is 10.2 Å². The van der Waals surface area contributed by atoms with Gasteiger partial charge in [0, 0.05) is 30.9 Å². The Labute approximate surface area is 140 Å². The van der Waals surface area contributed by atoms with Gasteiger partial charge in [0.25, 0.3) is 5.91 Å². The predicted octanol–water partition coefficient (Wildman–Crippen LogP) is 3.81. The molecule has 1 N–H and O–H groups in total. The molecule has 1 aromatic carbocycles. The first-order chi connectivity index (χ1) is 11.6. The van der Waals surface area contributed by atoms with Gasteiger partial charge in [0.05, 0.1) is 0 Å². The second-order valence-corrected chi connectivity index (χ2v) is 4.98. The number of halogens is 1. The van der Waals surface area contributed by atoms with Crippen LogP contribution in [0.25, 0.3) is 6.08 Å². The number of hydrogen-bond acceptors (Lipinski definition) is 4. The topological polar surface area (TPSA) is 69.3 Å². The summed E-state index contributed by atoms with van der Waals surface area (Å²) in [6, 6.07) is 10.7. The van der Waals surface area contributed by atoms with Gasteiger partial charge >= 0.3 is 0 Å². The molecule has 124 valence electrons. The molecule has 2 rings (SSSR count).